The van der Waals surface area contributed by atoms with Gasteiger partial charge in [-0.25, -0.2) is 0 Å². The highest BCUT2D eigenvalue weighted by Crippen LogP contribution is 2.37. The molecular weight excluding hydrogens is 398 g/mol. The highest BCUT2D eigenvalue weighted by molar-refractivity contribution is 6.24. The number of nitrogens with zero attached hydrogens (tertiary/aromatic N) is 1. The van der Waals surface area contributed by atoms with Crippen molar-refractivity contribution in [3.8, 4) is 0 Å². The second kappa shape index (κ2) is 6.95. The topological polar surface area (TPSA) is 4.93 Å². The van der Waals surface area contributed by atoms with E-state index >= 15 is 0 Å². The molecule has 33 heavy (non-hydrogen) atoms. The van der Waals surface area contributed by atoms with Gasteiger partial charge >= 0.3 is 0 Å². The Morgan fingerprint density at radius 1 is 0.545 bits per heavy atom. The van der Waals surface area contributed by atoms with Gasteiger partial charge in [0.2, 0.25) is 0 Å². The van der Waals surface area contributed by atoms with Crippen LogP contribution in [0.15, 0.2) is 97.1 Å². The maximum Gasteiger partial charge on any atom is 0.0564 e. The van der Waals surface area contributed by atoms with Gasteiger partial charge in [-0.1, -0.05) is 103 Å². The molecule has 0 aliphatic heterocycles. The fourth-order valence-electron chi connectivity index (χ4n) is 5.68. The highest BCUT2D eigenvalue weighted by atomic mass is 15.0. The van der Waals surface area contributed by atoms with Crippen molar-refractivity contribution in [2.24, 2.45) is 0 Å². The zero-order chi connectivity index (χ0) is 21.9. The summed E-state index contributed by atoms with van der Waals surface area (Å²) in [4.78, 5) is 0. The van der Waals surface area contributed by atoms with Crippen LogP contribution in [0, 0.1) is 0 Å². The Morgan fingerprint density at radius 2 is 1.21 bits per heavy atom. The number of fused-ring (bicyclic) bond motifs is 3. The fraction of sp³-hybridized carbons (Fsp3) is 0.0625. The minimum atomic E-state index is 0.952. The standard InChI is InChI=1S/C32H23N/c1-2-33-29-12-4-3-10-27(29)28-11-6-9-25(32(28)33)18-14-21-13-15-24-17-16-22-7-5-8-23-19-20-26(21)31(24)30(22)23/h3-20H,2H2,1H3/b18-14+. The van der Waals surface area contributed by atoms with Gasteiger partial charge in [0.05, 0.1) is 5.52 Å². The molecule has 1 aromatic heterocycles. The van der Waals surface area contributed by atoms with Crippen LogP contribution in [0.3, 0.4) is 0 Å². The summed E-state index contributed by atoms with van der Waals surface area (Å²) in [7, 11) is 0. The van der Waals surface area contributed by atoms with E-state index in [1.54, 1.807) is 0 Å². The molecule has 0 aliphatic carbocycles. The molecule has 0 aliphatic rings. The van der Waals surface area contributed by atoms with Crippen molar-refractivity contribution in [1.82, 2.24) is 4.57 Å². The summed E-state index contributed by atoms with van der Waals surface area (Å²) in [5.41, 5.74) is 5.14. The lowest BCUT2D eigenvalue weighted by molar-refractivity contribution is 0.826. The summed E-state index contributed by atoms with van der Waals surface area (Å²) >= 11 is 0. The van der Waals surface area contributed by atoms with Gasteiger partial charge < -0.3 is 4.57 Å². The van der Waals surface area contributed by atoms with Gasteiger partial charge in [0.15, 0.2) is 0 Å². The van der Waals surface area contributed by atoms with Gasteiger partial charge in [-0.15, -0.1) is 0 Å². The molecule has 0 radical (unpaired) electrons. The van der Waals surface area contributed by atoms with Crippen LogP contribution in [-0.2, 0) is 6.54 Å². The van der Waals surface area contributed by atoms with Gasteiger partial charge in [0.1, 0.15) is 0 Å². The van der Waals surface area contributed by atoms with Crippen LogP contribution >= 0.6 is 0 Å². The second-order valence-electron chi connectivity index (χ2n) is 8.85. The molecule has 0 bridgehead atoms. The average Bonchev–Trinajstić information content (AvgIpc) is 3.21. The van der Waals surface area contributed by atoms with Gasteiger partial charge in [0.25, 0.3) is 0 Å². The van der Waals surface area contributed by atoms with Crippen molar-refractivity contribution in [2.75, 3.05) is 0 Å². The molecule has 7 rings (SSSR count). The van der Waals surface area contributed by atoms with E-state index in [4.69, 9.17) is 0 Å². The number of para-hydroxylation sites is 2. The molecule has 0 saturated heterocycles. The summed E-state index contributed by atoms with van der Waals surface area (Å²) in [6.07, 6.45) is 4.58. The zero-order valence-corrected chi connectivity index (χ0v) is 18.5. The van der Waals surface area contributed by atoms with E-state index in [1.807, 2.05) is 0 Å². The van der Waals surface area contributed by atoms with Crippen molar-refractivity contribution in [3.05, 3.63) is 108 Å². The molecule has 1 nitrogen and oxygen atoms in total. The third-order valence-corrected chi connectivity index (χ3v) is 7.14. The lowest BCUT2D eigenvalue weighted by Crippen LogP contribution is -1.94. The van der Waals surface area contributed by atoms with Crippen molar-refractivity contribution in [2.45, 2.75) is 13.5 Å². The van der Waals surface area contributed by atoms with Crippen LogP contribution < -0.4 is 0 Å². The maximum atomic E-state index is 2.44. The minimum absolute atomic E-state index is 0.952. The molecule has 0 fully saturated rings. The van der Waals surface area contributed by atoms with Gasteiger partial charge in [-0.2, -0.15) is 0 Å². The maximum absolute atomic E-state index is 2.44. The van der Waals surface area contributed by atoms with Crippen molar-refractivity contribution >= 4 is 66.3 Å². The third kappa shape index (κ3) is 2.60. The molecule has 7 aromatic rings. The number of aryl methyl sites for hydroxylation is 1. The molecule has 0 atom stereocenters. The van der Waals surface area contributed by atoms with Crippen molar-refractivity contribution in [1.29, 1.82) is 0 Å². The first kappa shape index (κ1) is 18.5. The molecule has 0 saturated carbocycles. The van der Waals surface area contributed by atoms with Crippen LogP contribution in [0.5, 0.6) is 0 Å². The summed E-state index contributed by atoms with van der Waals surface area (Å²) < 4.78 is 2.44. The number of rotatable bonds is 3. The third-order valence-electron chi connectivity index (χ3n) is 7.14. The Labute approximate surface area is 192 Å². The fourth-order valence-corrected chi connectivity index (χ4v) is 5.68. The molecular formula is C32H23N. The summed E-state index contributed by atoms with van der Waals surface area (Å²) in [5, 5.41) is 10.6. The molecule has 1 heterocycles. The Morgan fingerprint density at radius 3 is 2.06 bits per heavy atom. The monoisotopic (exact) mass is 421 g/mol. The first-order valence-corrected chi connectivity index (χ1v) is 11.7. The average molecular weight is 422 g/mol. The Kier molecular flexibility index (Phi) is 3.89. The lowest BCUT2D eigenvalue weighted by atomic mass is 9.92. The van der Waals surface area contributed by atoms with E-state index in [2.05, 4.69) is 121 Å². The molecule has 0 unspecified atom stereocenters. The Balaban J connectivity index is 1.47. The largest absolute Gasteiger partial charge is 0.340 e. The molecule has 0 spiro atoms. The predicted molar refractivity (Wildman–Crippen MR) is 144 cm³/mol. The lowest BCUT2D eigenvalue weighted by Gasteiger charge is -2.12. The summed E-state index contributed by atoms with van der Waals surface area (Å²) in [5.74, 6) is 0. The quantitative estimate of drug-likeness (QED) is 0.198. The summed E-state index contributed by atoms with van der Waals surface area (Å²) in [6.45, 7) is 3.18. The van der Waals surface area contributed by atoms with E-state index < -0.39 is 0 Å². The van der Waals surface area contributed by atoms with Gasteiger partial charge in [-0.05, 0) is 56.4 Å². The first-order chi connectivity index (χ1) is 16.3. The molecule has 0 N–H and O–H groups in total. The van der Waals surface area contributed by atoms with Crippen LogP contribution in [-0.4, -0.2) is 4.57 Å². The number of aromatic nitrogens is 1. The minimum Gasteiger partial charge on any atom is -0.340 e. The highest BCUT2D eigenvalue weighted by Gasteiger charge is 2.12. The Hall–Kier alpha value is -4.10. The number of benzene rings is 6. The summed E-state index contributed by atoms with van der Waals surface area (Å²) in [6, 6.07) is 35.5. The first-order valence-electron chi connectivity index (χ1n) is 11.7. The van der Waals surface area contributed by atoms with E-state index in [9.17, 15) is 0 Å². The molecule has 156 valence electrons. The number of hydrogen-bond acceptors (Lipinski definition) is 0. The molecule has 6 aromatic carbocycles. The zero-order valence-electron chi connectivity index (χ0n) is 18.5. The van der Waals surface area contributed by atoms with E-state index in [0.29, 0.717) is 0 Å². The Bertz CT molecular complexity index is 1830. The van der Waals surface area contributed by atoms with Gasteiger partial charge in [0, 0.05) is 22.8 Å². The van der Waals surface area contributed by atoms with E-state index in [-0.39, 0.29) is 0 Å². The van der Waals surface area contributed by atoms with Gasteiger partial charge in [-0.3, -0.25) is 0 Å². The molecule has 0 amide bonds. The van der Waals surface area contributed by atoms with E-state index in [0.717, 1.165) is 6.54 Å². The predicted octanol–water partition coefficient (Wildman–Crippen LogP) is 8.88. The van der Waals surface area contributed by atoms with E-state index in [1.165, 1.54) is 65.3 Å². The SMILES string of the molecule is CCn1c2ccccc2c2cccc(/C=C/c3ccc4ccc5cccc6ccc3c4c56)c21. The van der Waals surface area contributed by atoms with Crippen molar-refractivity contribution < 1.29 is 0 Å². The second-order valence-corrected chi connectivity index (χ2v) is 8.85. The molecule has 1 heteroatoms. The normalized spacial score (nSPS) is 12.4. The van der Waals surface area contributed by atoms with Crippen LogP contribution in [0.1, 0.15) is 18.1 Å². The smallest absolute Gasteiger partial charge is 0.0564 e. The number of hydrogen-bond donors (Lipinski definition) is 0. The van der Waals surface area contributed by atoms with Crippen LogP contribution in [0.2, 0.25) is 0 Å². The van der Waals surface area contributed by atoms with Crippen molar-refractivity contribution in [3.63, 3.8) is 0 Å². The van der Waals surface area contributed by atoms with Crippen LogP contribution in [0.4, 0.5) is 0 Å². The van der Waals surface area contributed by atoms with Crippen LogP contribution in [0.25, 0.3) is 66.3 Å².